The van der Waals surface area contributed by atoms with Crippen LogP contribution in [0.15, 0.2) is 54.7 Å². The summed E-state index contributed by atoms with van der Waals surface area (Å²) in [6.45, 7) is 4.97. The van der Waals surface area contributed by atoms with E-state index in [4.69, 9.17) is 4.98 Å². The van der Waals surface area contributed by atoms with Crippen LogP contribution in [0.1, 0.15) is 36.5 Å². The first-order valence-electron chi connectivity index (χ1n) is 14.6. The molecular weight excluding hydrogens is 514 g/mol. The van der Waals surface area contributed by atoms with Crippen molar-refractivity contribution in [2.75, 3.05) is 33.7 Å². The molecule has 214 valence electrons. The maximum Gasteiger partial charge on any atom is 0.253 e. The smallest absolute Gasteiger partial charge is 0.253 e. The van der Waals surface area contributed by atoms with Crippen molar-refractivity contribution < 1.29 is 9.59 Å². The topological polar surface area (TPSA) is 88.3 Å². The summed E-state index contributed by atoms with van der Waals surface area (Å²) in [5.74, 6) is 1.67. The summed E-state index contributed by atoms with van der Waals surface area (Å²) in [6, 6.07) is 12.1. The third kappa shape index (κ3) is 5.63. The predicted octanol–water partition coefficient (Wildman–Crippen LogP) is 4.08. The molecule has 2 fully saturated rings. The van der Waals surface area contributed by atoms with Gasteiger partial charge in [0, 0.05) is 62.5 Å². The number of hydrogen-bond donors (Lipinski definition) is 1. The molecule has 0 radical (unpaired) electrons. The largest absolute Gasteiger partial charge is 0.349 e. The fraction of sp³-hybridized carbons (Fsp3) is 0.438. The van der Waals surface area contributed by atoms with E-state index in [-0.39, 0.29) is 23.8 Å². The quantitative estimate of drug-likeness (QED) is 0.332. The minimum absolute atomic E-state index is 0.00801. The lowest BCUT2D eigenvalue weighted by molar-refractivity contribution is -0.117. The van der Waals surface area contributed by atoms with E-state index in [1.165, 1.54) is 12.8 Å². The number of benzene rings is 1. The van der Waals surface area contributed by atoms with Gasteiger partial charge in [0.2, 0.25) is 5.91 Å². The number of nitrogens with zero attached hydrogens (tertiary/aromatic N) is 6. The van der Waals surface area contributed by atoms with Crippen molar-refractivity contribution in [2.24, 2.45) is 18.9 Å². The van der Waals surface area contributed by atoms with E-state index < -0.39 is 0 Å². The van der Waals surface area contributed by atoms with E-state index in [9.17, 15) is 9.59 Å². The van der Waals surface area contributed by atoms with Crippen molar-refractivity contribution >= 4 is 33.9 Å². The highest BCUT2D eigenvalue weighted by Crippen LogP contribution is 2.36. The first kappa shape index (κ1) is 27.2. The van der Waals surface area contributed by atoms with Crippen molar-refractivity contribution in [2.45, 2.75) is 38.8 Å². The molecule has 4 aromatic rings. The van der Waals surface area contributed by atoms with Gasteiger partial charge in [0.05, 0.1) is 16.7 Å². The van der Waals surface area contributed by atoms with Crippen LogP contribution in [0, 0.1) is 11.8 Å². The number of nitrogens with one attached hydrogen (secondary N) is 1. The van der Waals surface area contributed by atoms with Crippen molar-refractivity contribution in [3.63, 3.8) is 0 Å². The summed E-state index contributed by atoms with van der Waals surface area (Å²) in [5, 5.41) is 4.23. The minimum atomic E-state index is -0.0770. The molecule has 1 aromatic carbocycles. The average molecular weight is 554 g/mol. The Labute approximate surface area is 240 Å². The van der Waals surface area contributed by atoms with Gasteiger partial charge in [-0.2, -0.15) is 0 Å². The van der Waals surface area contributed by atoms with Crippen LogP contribution in [-0.4, -0.2) is 80.5 Å². The van der Waals surface area contributed by atoms with Gasteiger partial charge in [-0.1, -0.05) is 13.0 Å². The van der Waals surface area contributed by atoms with Crippen molar-refractivity contribution in [3.8, 4) is 11.5 Å². The maximum absolute atomic E-state index is 13.6. The lowest BCUT2D eigenvalue weighted by Gasteiger charge is -2.37. The number of likely N-dealkylation sites (N-methyl/N-ethyl adjacent to an activating group) is 1. The molecule has 0 unspecified atom stereocenters. The van der Waals surface area contributed by atoms with E-state index in [1.807, 2.05) is 67.5 Å². The van der Waals surface area contributed by atoms with E-state index in [0.717, 1.165) is 53.1 Å². The molecule has 2 atom stereocenters. The number of hydrogen-bond acceptors (Lipinski definition) is 5. The molecule has 2 aliphatic rings. The molecular formula is C32H39N7O2. The summed E-state index contributed by atoms with van der Waals surface area (Å²) in [4.78, 5) is 39.5. The number of carbonyl (C=O) groups is 2. The lowest BCUT2D eigenvalue weighted by Crippen LogP contribution is -2.51. The third-order valence-corrected chi connectivity index (χ3v) is 8.41. The Balaban J connectivity index is 1.19. The molecule has 9 nitrogen and oxygen atoms in total. The molecule has 3 aromatic heterocycles. The zero-order valence-electron chi connectivity index (χ0n) is 24.4. The molecule has 1 aliphatic carbocycles. The number of fused-ring (bicyclic) bond motifs is 2. The number of rotatable bonds is 8. The van der Waals surface area contributed by atoms with Gasteiger partial charge < -0.3 is 24.3 Å². The fourth-order valence-corrected chi connectivity index (χ4v) is 5.91. The zero-order chi connectivity index (χ0) is 28.7. The Hall–Kier alpha value is -3.98. The SMILES string of the molecule is C[C@H]1CN(C(=O)c2ccc3c(c2)nc(-c2cc4cccnc4n2CC2CC2)n3C)CC[C@H]1NC(=O)/C=C/CN(C)C. The zero-order valence-corrected chi connectivity index (χ0v) is 24.4. The van der Waals surface area contributed by atoms with Gasteiger partial charge in [-0.05, 0) is 81.6 Å². The first-order chi connectivity index (χ1) is 19.8. The Morgan fingerprint density at radius 3 is 2.73 bits per heavy atom. The van der Waals surface area contributed by atoms with E-state index in [0.29, 0.717) is 24.6 Å². The number of pyridine rings is 1. The second-order valence-corrected chi connectivity index (χ2v) is 12.0. The number of amides is 2. The van der Waals surface area contributed by atoms with Crippen molar-refractivity contribution in [3.05, 3.63) is 60.3 Å². The van der Waals surface area contributed by atoms with Crippen LogP contribution >= 0.6 is 0 Å². The van der Waals surface area contributed by atoms with Crippen LogP contribution in [0.3, 0.4) is 0 Å². The molecule has 0 spiro atoms. The Morgan fingerprint density at radius 1 is 1.15 bits per heavy atom. The van der Waals surface area contributed by atoms with Crippen LogP contribution < -0.4 is 5.32 Å². The summed E-state index contributed by atoms with van der Waals surface area (Å²) < 4.78 is 4.42. The molecule has 6 rings (SSSR count). The highest BCUT2D eigenvalue weighted by molar-refractivity contribution is 5.98. The van der Waals surface area contributed by atoms with Crippen LogP contribution in [-0.2, 0) is 18.4 Å². The number of imidazole rings is 1. The predicted molar refractivity (Wildman–Crippen MR) is 161 cm³/mol. The molecule has 9 heteroatoms. The van der Waals surface area contributed by atoms with E-state index in [1.54, 1.807) is 6.08 Å². The van der Waals surface area contributed by atoms with Crippen LogP contribution in [0.5, 0.6) is 0 Å². The Kier molecular flexibility index (Phi) is 7.38. The highest BCUT2D eigenvalue weighted by atomic mass is 16.2. The third-order valence-electron chi connectivity index (χ3n) is 8.41. The molecule has 2 amide bonds. The van der Waals surface area contributed by atoms with Gasteiger partial charge in [-0.25, -0.2) is 9.97 Å². The molecule has 4 heterocycles. The monoisotopic (exact) mass is 553 g/mol. The molecule has 1 aliphatic heterocycles. The van der Waals surface area contributed by atoms with E-state index in [2.05, 4.69) is 38.5 Å². The molecule has 1 N–H and O–H groups in total. The molecule has 1 saturated carbocycles. The van der Waals surface area contributed by atoms with Crippen LogP contribution in [0.25, 0.3) is 33.6 Å². The standard InChI is InChI=1S/C32H39N7O2/c1-21-19-38(16-13-25(21)34-29(40)8-6-15-36(2)3)32(41)24-11-12-27-26(17-24)35-31(37(27)4)28-18-23-7-5-14-33-30(23)39(28)20-22-9-10-22/h5-8,11-12,14,17-18,21-22,25H,9-10,13,15-16,19-20H2,1-4H3,(H,34,40)/b8-6+/t21-,25+/m0/s1. The first-order valence-corrected chi connectivity index (χ1v) is 14.6. The second-order valence-electron chi connectivity index (χ2n) is 12.0. The van der Waals surface area contributed by atoms with Gasteiger partial charge >= 0.3 is 0 Å². The number of carbonyl (C=O) groups excluding carboxylic acids is 2. The maximum atomic E-state index is 13.6. The Bertz CT molecular complexity index is 1630. The van der Waals surface area contributed by atoms with E-state index >= 15 is 0 Å². The van der Waals surface area contributed by atoms with Gasteiger partial charge in [0.15, 0.2) is 5.82 Å². The summed E-state index contributed by atoms with van der Waals surface area (Å²) in [7, 11) is 5.97. The van der Waals surface area contributed by atoms with Gasteiger partial charge in [-0.3, -0.25) is 9.59 Å². The van der Waals surface area contributed by atoms with Crippen molar-refractivity contribution in [1.29, 1.82) is 0 Å². The van der Waals surface area contributed by atoms with Crippen LogP contribution in [0.4, 0.5) is 0 Å². The molecule has 41 heavy (non-hydrogen) atoms. The minimum Gasteiger partial charge on any atom is -0.349 e. The fourth-order valence-electron chi connectivity index (χ4n) is 5.91. The summed E-state index contributed by atoms with van der Waals surface area (Å²) in [5.41, 5.74) is 4.50. The molecule has 0 bridgehead atoms. The van der Waals surface area contributed by atoms with Gasteiger partial charge in [0.1, 0.15) is 5.65 Å². The Morgan fingerprint density at radius 2 is 1.98 bits per heavy atom. The summed E-state index contributed by atoms with van der Waals surface area (Å²) >= 11 is 0. The van der Waals surface area contributed by atoms with Crippen molar-refractivity contribution in [1.82, 2.24) is 34.2 Å². The second kappa shape index (κ2) is 11.1. The average Bonchev–Trinajstić information content (AvgIpc) is 3.62. The number of aryl methyl sites for hydroxylation is 1. The lowest BCUT2D eigenvalue weighted by atomic mass is 9.93. The van der Waals surface area contributed by atoms with Crippen LogP contribution in [0.2, 0.25) is 0 Å². The number of likely N-dealkylation sites (tertiary alicyclic amines) is 1. The van der Waals surface area contributed by atoms with Gasteiger partial charge in [0.25, 0.3) is 5.91 Å². The summed E-state index contributed by atoms with van der Waals surface area (Å²) in [6.07, 6.45) is 8.56. The highest BCUT2D eigenvalue weighted by Gasteiger charge is 2.30. The normalized spacial score (nSPS) is 19.6. The number of piperidine rings is 1. The van der Waals surface area contributed by atoms with Gasteiger partial charge in [-0.15, -0.1) is 0 Å². The molecule has 1 saturated heterocycles. The number of aromatic nitrogens is 4.